The van der Waals surface area contributed by atoms with Crippen molar-refractivity contribution < 1.29 is 9.16 Å². The Balaban J connectivity index is 2.30. The van der Waals surface area contributed by atoms with Crippen molar-refractivity contribution in [3.05, 3.63) is 47.7 Å². The van der Waals surface area contributed by atoms with E-state index in [4.69, 9.17) is 9.16 Å². The number of benzene rings is 1. The van der Waals surface area contributed by atoms with Gasteiger partial charge in [-0.2, -0.15) is 0 Å². The van der Waals surface area contributed by atoms with Gasteiger partial charge in [0, 0.05) is 5.60 Å². The highest BCUT2D eigenvalue weighted by Crippen LogP contribution is 2.17. The van der Waals surface area contributed by atoms with E-state index in [-0.39, 0.29) is 5.60 Å². The molecule has 106 valence electrons. The number of rotatable bonds is 6. The van der Waals surface area contributed by atoms with Gasteiger partial charge in [-0.3, -0.25) is 0 Å². The maximum absolute atomic E-state index is 6.09. The molecule has 0 aliphatic heterocycles. The van der Waals surface area contributed by atoms with Crippen LogP contribution in [0.3, 0.4) is 0 Å². The fourth-order valence-corrected chi connectivity index (χ4v) is 4.28. The monoisotopic (exact) mass is 278 g/mol. The van der Waals surface area contributed by atoms with Crippen molar-refractivity contribution in [2.24, 2.45) is 0 Å². The first-order valence-electron chi connectivity index (χ1n) is 6.78. The Morgan fingerprint density at radius 1 is 1.11 bits per heavy atom. The molecule has 0 aliphatic rings. The summed E-state index contributed by atoms with van der Waals surface area (Å²) in [7, 11) is -1.73. The summed E-state index contributed by atoms with van der Waals surface area (Å²) in [6, 6.07) is 10.2. The van der Waals surface area contributed by atoms with Crippen LogP contribution in [0.25, 0.3) is 0 Å². The summed E-state index contributed by atoms with van der Waals surface area (Å²) in [6.07, 6.45) is 2.08. The summed E-state index contributed by atoms with van der Waals surface area (Å²) in [5.74, 6) is 0. The van der Waals surface area contributed by atoms with E-state index >= 15 is 0 Å². The fourth-order valence-electron chi connectivity index (χ4n) is 1.97. The summed E-state index contributed by atoms with van der Waals surface area (Å²) in [5.41, 5.74) is 3.33. The first-order chi connectivity index (χ1) is 8.79. The van der Waals surface area contributed by atoms with E-state index in [2.05, 4.69) is 57.8 Å². The van der Waals surface area contributed by atoms with E-state index in [1.54, 1.807) is 0 Å². The lowest BCUT2D eigenvalue weighted by molar-refractivity contribution is 0.124. The van der Waals surface area contributed by atoms with Gasteiger partial charge in [-0.1, -0.05) is 42.1 Å². The molecule has 0 spiro atoms. The van der Waals surface area contributed by atoms with E-state index in [0.29, 0.717) is 13.2 Å². The molecule has 0 saturated heterocycles. The van der Waals surface area contributed by atoms with Crippen molar-refractivity contribution in [3.63, 3.8) is 0 Å². The minimum Gasteiger partial charge on any atom is -0.409 e. The van der Waals surface area contributed by atoms with Crippen molar-refractivity contribution in [1.82, 2.24) is 0 Å². The molecule has 0 bridgehead atoms. The lowest BCUT2D eigenvalue weighted by Gasteiger charge is -2.30. The second-order valence-corrected chi connectivity index (χ2v) is 9.97. The van der Waals surface area contributed by atoms with E-state index in [1.165, 1.54) is 5.56 Å². The maximum Gasteiger partial charge on any atom is 0.211 e. The first kappa shape index (κ1) is 16.2. The smallest absolute Gasteiger partial charge is 0.211 e. The van der Waals surface area contributed by atoms with Gasteiger partial charge in [0.1, 0.15) is 0 Å². The first-order valence-corrected chi connectivity index (χ1v) is 9.77. The minimum atomic E-state index is -1.73. The van der Waals surface area contributed by atoms with Crippen LogP contribution in [-0.4, -0.2) is 20.5 Å². The molecule has 1 aromatic rings. The third kappa shape index (κ3) is 7.98. The van der Waals surface area contributed by atoms with Crippen LogP contribution >= 0.6 is 0 Å². The predicted molar refractivity (Wildman–Crippen MR) is 83.6 cm³/mol. The molecule has 1 aromatic carbocycles. The zero-order chi connectivity index (χ0) is 14.4. The van der Waals surface area contributed by atoms with Gasteiger partial charge in [-0.05, 0) is 39.4 Å². The van der Waals surface area contributed by atoms with Gasteiger partial charge in [-0.15, -0.1) is 0 Å². The fraction of sp³-hybridized carbons (Fsp3) is 0.500. The van der Waals surface area contributed by atoms with Crippen LogP contribution in [0.15, 0.2) is 42.1 Å². The highest BCUT2D eigenvalue weighted by atomic mass is 28.4. The third-order valence-electron chi connectivity index (χ3n) is 2.41. The van der Waals surface area contributed by atoms with Gasteiger partial charge in [0.05, 0.1) is 13.2 Å². The van der Waals surface area contributed by atoms with Gasteiger partial charge in [-0.25, -0.2) is 0 Å². The molecule has 0 atom stereocenters. The molecule has 0 radical (unpaired) electrons. The molecule has 0 heterocycles. The Hall–Kier alpha value is -0.903. The Bertz CT molecular complexity index is 391. The van der Waals surface area contributed by atoms with Gasteiger partial charge in [0.2, 0.25) is 8.32 Å². The van der Waals surface area contributed by atoms with Gasteiger partial charge in [0.25, 0.3) is 0 Å². The van der Waals surface area contributed by atoms with E-state index in [9.17, 15) is 0 Å². The van der Waals surface area contributed by atoms with Crippen molar-refractivity contribution in [2.75, 3.05) is 6.61 Å². The molecule has 2 nitrogen and oxygen atoms in total. The van der Waals surface area contributed by atoms with Gasteiger partial charge in [0.15, 0.2) is 0 Å². The standard InChI is InChI=1S/C16H26O2Si/c1-16(2,3)18-19(4,5)13-9-12-17-14-15-10-7-6-8-11-15/h6-11,13H,12,14H2,1-5H3/b13-9-. The third-order valence-corrected chi connectivity index (χ3v) is 4.59. The molecule has 3 heteroatoms. The highest BCUT2D eigenvalue weighted by Gasteiger charge is 2.25. The summed E-state index contributed by atoms with van der Waals surface area (Å²) in [5, 5.41) is 0. The van der Waals surface area contributed by atoms with Crippen LogP contribution in [0, 0.1) is 0 Å². The van der Waals surface area contributed by atoms with E-state index < -0.39 is 8.32 Å². The van der Waals surface area contributed by atoms with Crippen LogP contribution in [0.5, 0.6) is 0 Å². The summed E-state index contributed by atoms with van der Waals surface area (Å²) in [4.78, 5) is 0. The van der Waals surface area contributed by atoms with Crippen LogP contribution in [-0.2, 0) is 15.8 Å². The Morgan fingerprint density at radius 2 is 1.74 bits per heavy atom. The summed E-state index contributed by atoms with van der Waals surface area (Å²) >= 11 is 0. The highest BCUT2D eigenvalue weighted by molar-refractivity contribution is 6.76. The molecule has 0 aliphatic carbocycles. The normalized spacial score (nSPS) is 13.1. The van der Waals surface area contributed by atoms with Crippen molar-refractivity contribution in [2.45, 2.75) is 46.1 Å². The molecular formula is C16H26O2Si. The van der Waals surface area contributed by atoms with Crippen LogP contribution in [0.1, 0.15) is 26.3 Å². The molecule has 19 heavy (non-hydrogen) atoms. The zero-order valence-electron chi connectivity index (χ0n) is 12.8. The summed E-state index contributed by atoms with van der Waals surface area (Å²) < 4.78 is 11.7. The largest absolute Gasteiger partial charge is 0.409 e. The Morgan fingerprint density at radius 3 is 2.32 bits per heavy atom. The summed E-state index contributed by atoms with van der Waals surface area (Å²) in [6.45, 7) is 12.0. The number of hydrogen-bond acceptors (Lipinski definition) is 2. The van der Waals surface area contributed by atoms with Crippen LogP contribution in [0.4, 0.5) is 0 Å². The topological polar surface area (TPSA) is 18.5 Å². The molecule has 1 rings (SSSR count). The van der Waals surface area contributed by atoms with E-state index in [0.717, 1.165) is 0 Å². The maximum atomic E-state index is 6.09. The van der Waals surface area contributed by atoms with Gasteiger partial charge >= 0.3 is 0 Å². The van der Waals surface area contributed by atoms with Crippen molar-refractivity contribution >= 4 is 8.32 Å². The molecule has 0 aromatic heterocycles. The lowest BCUT2D eigenvalue weighted by Crippen LogP contribution is -2.37. The predicted octanol–water partition coefficient (Wildman–Crippen LogP) is 4.32. The van der Waals surface area contributed by atoms with E-state index in [1.807, 2.05) is 18.2 Å². The van der Waals surface area contributed by atoms with Crippen molar-refractivity contribution in [3.8, 4) is 0 Å². The number of hydrogen-bond donors (Lipinski definition) is 0. The molecule has 0 saturated carbocycles. The second-order valence-electron chi connectivity index (χ2n) is 6.22. The quantitative estimate of drug-likeness (QED) is 0.570. The molecule has 0 N–H and O–H groups in total. The van der Waals surface area contributed by atoms with Crippen LogP contribution < -0.4 is 0 Å². The average Bonchev–Trinajstić information content (AvgIpc) is 2.26. The lowest BCUT2D eigenvalue weighted by atomic mass is 10.2. The molecule has 0 unspecified atom stereocenters. The Kier molecular flexibility index (Phi) is 5.98. The van der Waals surface area contributed by atoms with Crippen molar-refractivity contribution in [1.29, 1.82) is 0 Å². The molecular weight excluding hydrogens is 252 g/mol. The molecule has 0 fully saturated rings. The average molecular weight is 278 g/mol. The number of ether oxygens (including phenoxy) is 1. The SMILES string of the molecule is CC(C)(C)O[Si](C)(C)/C=C\COCc1ccccc1. The second kappa shape index (κ2) is 7.03. The zero-order valence-corrected chi connectivity index (χ0v) is 13.8. The van der Waals surface area contributed by atoms with Gasteiger partial charge < -0.3 is 9.16 Å². The Labute approximate surface area is 118 Å². The van der Waals surface area contributed by atoms with Crippen LogP contribution in [0.2, 0.25) is 13.1 Å². The minimum absolute atomic E-state index is 0.0784. The molecule has 0 amide bonds.